The first-order chi connectivity index (χ1) is 7.31. The SMILES string of the molecule is S=c1[nH]nc(C2(c3ccccc3)CC2)o1. The van der Waals surface area contributed by atoms with Gasteiger partial charge >= 0.3 is 0 Å². The van der Waals surface area contributed by atoms with Gasteiger partial charge in [-0.25, -0.2) is 5.10 Å². The van der Waals surface area contributed by atoms with E-state index >= 15 is 0 Å². The van der Waals surface area contributed by atoms with Crippen LogP contribution in [0.25, 0.3) is 0 Å². The summed E-state index contributed by atoms with van der Waals surface area (Å²) in [5, 5.41) is 6.81. The van der Waals surface area contributed by atoms with Crippen molar-refractivity contribution in [2.24, 2.45) is 0 Å². The molecule has 1 heterocycles. The Bertz CT molecular complexity index is 525. The Hall–Kier alpha value is -1.42. The molecule has 0 unspecified atom stereocenters. The average Bonchev–Trinajstić information content (AvgIpc) is 2.98. The Kier molecular flexibility index (Phi) is 1.79. The summed E-state index contributed by atoms with van der Waals surface area (Å²) in [6.07, 6.45) is 2.17. The van der Waals surface area contributed by atoms with Crippen molar-refractivity contribution in [3.8, 4) is 0 Å². The zero-order chi connectivity index (χ0) is 10.3. The summed E-state index contributed by atoms with van der Waals surface area (Å²) in [5.41, 5.74) is 1.24. The highest BCUT2D eigenvalue weighted by Crippen LogP contribution is 2.52. The van der Waals surface area contributed by atoms with Crippen molar-refractivity contribution >= 4 is 12.2 Å². The van der Waals surface area contributed by atoms with Gasteiger partial charge in [0.05, 0.1) is 5.41 Å². The van der Waals surface area contributed by atoms with Crippen molar-refractivity contribution in [2.75, 3.05) is 0 Å². The molecule has 1 aliphatic carbocycles. The molecule has 1 aromatic carbocycles. The topological polar surface area (TPSA) is 41.8 Å². The monoisotopic (exact) mass is 218 g/mol. The van der Waals surface area contributed by atoms with E-state index in [0.29, 0.717) is 4.84 Å². The smallest absolute Gasteiger partial charge is 0.284 e. The van der Waals surface area contributed by atoms with Gasteiger partial charge in [0, 0.05) is 0 Å². The molecule has 0 bridgehead atoms. The highest BCUT2D eigenvalue weighted by molar-refractivity contribution is 7.71. The van der Waals surface area contributed by atoms with E-state index in [4.69, 9.17) is 16.6 Å². The summed E-state index contributed by atoms with van der Waals surface area (Å²) in [5.74, 6) is 0.721. The minimum absolute atomic E-state index is 0.0190. The van der Waals surface area contributed by atoms with Crippen LogP contribution in [0.1, 0.15) is 24.3 Å². The molecule has 1 aromatic heterocycles. The van der Waals surface area contributed by atoms with E-state index in [9.17, 15) is 0 Å². The van der Waals surface area contributed by atoms with E-state index < -0.39 is 0 Å². The number of aromatic amines is 1. The van der Waals surface area contributed by atoms with Crippen LogP contribution in [0.15, 0.2) is 34.7 Å². The van der Waals surface area contributed by atoms with E-state index in [1.54, 1.807) is 0 Å². The summed E-state index contributed by atoms with van der Waals surface area (Å²) in [6.45, 7) is 0. The molecule has 0 aliphatic heterocycles. The lowest BCUT2D eigenvalue weighted by atomic mass is 9.96. The number of hydrogen-bond acceptors (Lipinski definition) is 3. The molecule has 0 radical (unpaired) electrons. The summed E-state index contributed by atoms with van der Waals surface area (Å²) >= 11 is 4.89. The minimum atomic E-state index is -0.0190. The van der Waals surface area contributed by atoms with Gasteiger partial charge in [-0.05, 0) is 30.6 Å². The number of H-pyrrole nitrogens is 1. The van der Waals surface area contributed by atoms with Gasteiger partial charge in [-0.3, -0.25) is 0 Å². The number of hydrogen-bond donors (Lipinski definition) is 1. The van der Waals surface area contributed by atoms with Crippen LogP contribution >= 0.6 is 12.2 Å². The Morgan fingerprint density at radius 2 is 2.00 bits per heavy atom. The predicted molar refractivity (Wildman–Crippen MR) is 58.1 cm³/mol. The summed E-state index contributed by atoms with van der Waals surface area (Å²) in [6, 6.07) is 10.3. The van der Waals surface area contributed by atoms with E-state index in [0.717, 1.165) is 18.7 Å². The lowest BCUT2D eigenvalue weighted by Crippen LogP contribution is -2.08. The number of nitrogens with zero attached hydrogens (tertiary/aromatic N) is 1. The van der Waals surface area contributed by atoms with Crippen molar-refractivity contribution in [1.29, 1.82) is 0 Å². The van der Waals surface area contributed by atoms with Gasteiger partial charge in [0.1, 0.15) is 0 Å². The largest absolute Gasteiger partial charge is 0.413 e. The molecule has 0 atom stereocenters. The molecule has 15 heavy (non-hydrogen) atoms. The van der Waals surface area contributed by atoms with E-state index in [1.807, 2.05) is 18.2 Å². The van der Waals surface area contributed by atoms with Gasteiger partial charge in [0.25, 0.3) is 4.84 Å². The molecule has 0 spiro atoms. The molecule has 0 saturated heterocycles. The van der Waals surface area contributed by atoms with Gasteiger partial charge in [-0.1, -0.05) is 30.3 Å². The highest BCUT2D eigenvalue weighted by atomic mass is 32.1. The maximum absolute atomic E-state index is 5.41. The zero-order valence-electron chi connectivity index (χ0n) is 8.06. The first-order valence-corrected chi connectivity index (χ1v) is 5.34. The normalized spacial score (nSPS) is 17.6. The number of nitrogens with one attached hydrogen (secondary N) is 1. The molecule has 3 nitrogen and oxygen atoms in total. The van der Waals surface area contributed by atoms with Gasteiger partial charge in [-0.2, -0.15) is 0 Å². The Morgan fingerprint density at radius 3 is 2.53 bits per heavy atom. The predicted octanol–water partition coefficient (Wildman–Crippen LogP) is 2.81. The third kappa shape index (κ3) is 1.33. The fraction of sp³-hybridized carbons (Fsp3) is 0.273. The maximum atomic E-state index is 5.41. The van der Waals surface area contributed by atoms with Crippen LogP contribution in [0.3, 0.4) is 0 Å². The lowest BCUT2D eigenvalue weighted by molar-refractivity contribution is 0.451. The van der Waals surface area contributed by atoms with Crippen LogP contribution in [0.4, 0.5) is 0 Å². The van der Waals surface area contributed by atoms with Crippen LogP contribution in [0.5, 0.6) is 0 Å². The molecule has 76 valence electrons. The van der Waals surface area contributed by atoms with Gasteiger partial charge in [0.2, 0.25) is 5.89 Å². The first kappa shape index (κ1) is 8.85. The highest BCUT2D eigenvalue weighted by Gasteiger charge is 2.50. The van der Waals surface area contributed by atoms with E-state index in [2.05, 4.69) is 22.3 Å². The van der Waals surface area contributed by atoms with Crippen LogP contribution in [-0.4, -0.2) is 10.2 Å². The van der Waals surface area contributed by atoms with E-state index in [-0.39, 0.29) is 5.41 Å². The van der Waals surface area contributed by atoms with E-state index in [1.165, 1.54) is 5.56 Å². The summed E-state index contributed by atoms with van der Waals surface area (Å²) in [4.78, 5) is 0.354. The van der Waals surface area contributed by atoms with Crippen molar-refractivity contribution in [3.05, 3.63) is 46.6 Å². The molecule has 1 aliphatic rings. The average molecular weight is 218 g/mol. The van der Waals surface area contributed by atoms with Crippen molar-refractivity contribution in [3.63, 3.8) is 0 Å². The molecule has 3 rings (SSSR count). The van der Waals surface area contributed by atoms with Gasteiger partial charge in [-0.15, -0.1) is 5.10 Å². The Balaban J connectivity index is 2.09. The molecule has 2 aromatic rings. The van der Waals surface area contributed by atoms with Crippen LogP contribution in [0.2, 0.25) is 0 Å². The number of aromatic nitrogens is 2. The van der Waals surface area contributed by atoms with Crippen LogP contribution in [-0.2, 0) is 5.41 Å². The zero-order valence-corrected chi connectivity index (χ0v) is 8.88. The quantitative estimate of drug-likeness (QED) is 0.788. The number of rotatable bonds is 2. The second-order valence-electron chi connectivity index (χ2n) is 3.87. The standard InChI is InChI=1S/C11H10N2OS/c15-10-13-12-9(14-10)11(6-7-11)8-4-2-1-3-5-8/h1-5H,6-7H2,(H,13,15). The van der Waals surface area contributed by atoms with Crippen molar-refractivity contribution < 1.29 is 4.42 Å². The summed E-state index contributed by atoms with van der Waals surface area (Å²) in [7, 11) is 0. The Labute approximate surface area is 92.1 Å². The van der Waals surface area contributed by atoms with Crippen molar-refractivity contribution in [2.45, 2.75) is 18.3 Å². The van der Waals surface area contributed by atoms with Crippen LogP contribution in [0, 0.1) is 4.84 Å². The fourth-order valence-electron chi connectivity index (χ4n) is 1.94. The molecule has 1 N–H and O–H groups in total. The minimum Gasteiger partial charge on any atom is -0.413 e. The van der Waals surface area contributed by atoms with Crippen LogP contribution < -0.4 is 0 Å². The van der Waals surface area contributed by atoms with Gasteiger partial charge in [0.15, 0.2) is 0 Å². The third-order valence-electron chi connectivity index (χ3n) is 2.92. The Morgan fingerprint density at radius 1 is 1.27 bits per heavy atom. The molecule has 1 fully saturated rings. The summed E-state index contributed by atoms with van der Waals surface area (Å²) < 4.78 is 5.41. The molecule has 4 heteroatoms. The second kappa shape index (κ2) is 3.03. The lowest BCUT2D eigenvalue weighted by Gasteiger charge is -2.09. The third-order valence-corrected chi connectivity index (χ3v) is 3.10. The molecular weight excluding hydrogens is 208 g/mol. The fourth-order valence-corrected chi connectivity index (χ4v) is 2.07. The molecule has 1 saturated carbocycles. The van der Waals surface area contributed by atoms with Gasteiger partial charge < -0.3 is 4.42 Å². The maximum Gasteiger partial charge on any atom is 0.284 e. The number of benzene rings is 1. The first-order valence-electron chi connectivity index (χ1n) is 4.93. The molecular formula is C11H10N2OS. The second-order valence-corrected chi connectivity index (χ2v) is 4.24. The molecule has 0 amide bonds. The van der Waals surface area contributed by atoms with Crippen molar-refractivity contribution in [1.82, 2.24) is 10.2 Å².